The number of nitrogens with zero attached hydrogens (tertiary/aromatic N) is 1. The van der Waals surface area contributed by atoms with Gasteiger partial charge in [-0.25, -0.2) is 0 Å². The van der Waals surface area contributed by atoms with Crippen molar-refractivity contribution in [2.45, 2.75) is 26.1 Å². The maximum atomic E-state index is 11.6. The fourth-order valence-corrected chi connectivity index (χ4v) is 2.22. The molecule has 1 aromatic heterocycles. The number of hydrogen-bond acceptors (Lipinski definition) is 4. The summed E-state index contributed by atoms with van der Waals surface area (Å²) in [6, 6.07) is 9.81. The summed E-state index contributed by atoms with van der Waals surface area (Å²) in [6.07, 6.45) is 3.13. The van der Waals surface area contributed by atoms with Gasteiger partial charge in [0.2, 0.25) is 0 Å². The summed E-state index contributed by atoms with van der Waals surface area (Å²) in [5.74, 6) is 0.615. The molecule has 5 heteroatoms. The van der Waals surface area contributed by atoms with E-state index in [4.69, 9.17) is 4.74 Å². The smallest absolute Gasteiger partial charge is 0.265 e. The molecule has 0 fully saturated rings. The molecule has 0 aliphatic carbocycles. The number of benzene rings is 1. The maximum Gasteiger partial charge on any atom is 0.265 e. The number of carbonyl (C=O) groups is 1. The van der Waals surface area contributed by atoms with Crippen molar-refractivity contribution in [1.82, 2.24) is 10.3 Å². The standard InChI is InChI=1S/C16H17N3O2/c1-11-16(20)19-14-8-13(2-3-15(14)21-11)10-18-9-12-4-6-17-7-5-12/h2-8,11,18H,9-10H2,1H3,(H,19,20). The second-order valence-electron chi connectivity index (χ2n) is 5.04. The molecule has 1 aliphatic rings. The fraction of sp³-hybridized carbons (Fsp3) is 0.250. The number of anilines is 1. The molecule has 108 valence electrons. The molecular weight excluding hydrogens is 266 g/mol. The molecular formula is C16H17N3O2. The normalized spacial score (nSPS) is 16.8. The van der Waals surface area contributed by atoms with Crippen molar-refractivity contribution < 1.29 is 9.53 Å². The molecule has 0 bridgehead atoms. The fourth-order valence-electron chi connectivity index (χ4n) is 2.22. The van der Waals surface area contributed by atoms with Crippen LogP contribution in [0.2, 0.25) is 0 Å². The first-order valence-electron chi connectivity index (χ1n) is 6.92. The number of carbonyl (C=O) groups excluding carboxylic acids is 1. The summed E-state index contributed by atoms with van der Waals surface area (Å²) >= 11 is 0. The molecule has 2 aromatic rings. The van der Waals surface area contributed by atoms with E-state index < -0.39 is 6.10 Å². The number of hydrogen-bond donors (Lipinski definition) is 2. The van der Waals surface area contributed by atoms with Crippen LogP contribution in [0.1, 0.15) is 18.1 Å². The lowest BCUT2D eigenvalue weighted by molar-refractivity contribution is -0.122. The summed E-state index contributed by atoms with van der Waals surface area (Å²) < 4.78 is 5.53. The van der Waals surface area contributed by atoms with Gasteiger partial charge in [0.15, 0.2) is 6.10 Å². The highest BCUT2D eigenvalue weighted by molar-refractivity contribution is 5.97. The van der Waals surface area contributed by atoms with Crippen LogP contribution in [-0.2, 0) is 17.9 Å². The second-order valence-corrected chi connectivity index (χ2v) is 5.04. The lowest BCUT2D eigenvalue weighted by atomic mass is 10.1. The SMILES string of the molecule is CC1Oc2ccc(CNCc3ccncc3)cc2NC1=O. The van der Waals surface area contributed by atoms with Crippen LogP contribution in [0.25, 0.3) is 0 Å². The highest BCUT2D eigenvalue weighted by Gasteiger charge is 2.23. The second kappa shape index (κ2) is 5.93. The zero-order chi connectivity index (χ0) is 14.7. The maximum absolute atomic E-state index is 11.6. The van der Waals surface area contributed by atoms with Crippen molar-refractivity contribution in [3.05, 3.63) is 53.9 Å². The average Bonchev–Trinajstić information content (AvgIpc) is 2.50. The van der Waals surface area contributed by atoms with Crippen molar-refractivity contribution >= 4 is 11.6 Å². The Morgan fingerprint density at radius 2 is 1.95 bits per heavy atom. The zero-order valence-electron chi connectivity index (χ0n) is 11.8. The number of nitrogens with one attached hydrogen (secondary N) is 2. The van der Waals surface area contributed by atoms with Gasteiger partial charge >= 0.3 is 0 Å². The van der Waals surface area contributed by atoms with E-state index >= 15 is 0 Å². The lowest BCUT2D eigenvalue weighted by Gasteiger charge is -2.23. The van der Waals surface area contributed by atoms with E-state index in [1.54, 1.807) is 19.3 Å². The summed E-state index contributed by atoms with van der Waals surface area (Å²) in [5, 5.41) is 6.22. The summed E-state index contributed by atoms with van der Waals surface area (Å²) in [5.41, 5.74) is 3.02. The van der Waals surface area contributed by atoms with E-state index in [2.05, 4.69) is 15.6 Å². The molecule has 1 aliphatic heterocycles. The minimum atomic E-state index is -0.437. The Bertz CT molecular complexity index is 643. The van der Waals surface area contributed by atoms with Crippen LogP contribution in [0.3, 0.4) is 0 Å². The van der Waals surface area contributed by atoms with E-state index in [0.29, 0.717) is 0 Å². The van der Waals surface area contributed by atoms with Crippen LogP contribution < -0.4 is 15.4 Å². The van der Waals surface area contributed by atoms with Crippen molar-refractivity contribution in [3.63, 3.8) is 0 Å². The monoisotopic (exact) mass is 283 g/mol. The van der Waals surface area contributed by atoms with E-state index in [1.165, 1.54) is 5.56 Å². The number of fused-ring (bicyclic) bond motifs is 1. The molecule has 0 saturated carbocycles. The van der Waals surface area contributed by atoms with Crippen molar-refractivity contribution in [2.75, 3.05) is 5.32 Å². The third-order valence-electron chi connectivity index (χ3n) is 3.38. The zero-order valence-corrected chi connectivity index (χ0v) is 11.8. The Labute approximate surface area is 123 Å². The molecule has 0 radical (unpaired) electrons. The summed E-state index contributed by atoms with van der Waals surface area (Å²) in [7, 11) is 0. The number of rotatable bonds is 4. The number of ether oxygens (including phenoxy) is 1. The lowest BCUT2D eigenvalue weighted by Crippen LogP contribution is -2.34. The number of pyridine rings is 1. The van der Waals surface area contributed by atoms with Gasteiger partial charge in [-0.1, -0.05) is 6.07 Å². The van der Waals surface area contributed by atoms with Crippen LogP contribution in [-0.4, -0.2) is 17.0 Å². The quantitative estimate of drug-likeness (QED) is 0.902. The minimum absolute atomic E-state index is 0.107. The topological polar surface area (TPSA) is 63.2 Å². The van der Waals surface area contributed by atoms with Gasteiger partial charge in [-0.15, -0.1) is 0 Å². The summed E-state index contributed by atoms with van der Waals surface area (Å²) in [6.45, 7) is 3.24. The molecule has 3 rings (SSSR count). The molecule has 1 aromatic carbocycles. The van der Waals surface area contributed by atoms with Crippen molar-refractivity contribution in [3.8, 4) is 5.75 Å². The van der Waals surface area contributed by atoms with E-state index in [-0.39, 0.29) is 5.91 Å². The van der Waals surface area contributed by atoms with E-state index in [9.17, 15) is 4.79 Å². The van der Waals surface area contributed by atoms with Crippen molar-refractivity contribution in [2.24, 2.45) is 0 Å². The number of aromatic nitrogens is 1. The molecule has 2 heterocycles. The molecule has 0 spiro atoms. The largest absolute Gasteiger partial charge is 0.479 e. The molecule has 0 saturated heterocycles. The first-order chi connectivity index (χ1) is 10.2. The van der Waals surface area contributed by atoms with Gasteiger partial charge in [0.25, 0.3) is 5.91 Å². The van der Waals surface area contributed by atoms with Crippen LogP contribution >= 0.6 is 0 Å². The Balaban J connectivity index is 1.62. The highest BCUT2D eigenvalue weighted by Crippen LogP contribution is 2.30. The van der Waals surface area contributed by atoms with E-state index in [1.807, 2.05) is 30.3 Å². The molecule has 2 N–H and O–H groups in total. The van der Waals surface area contributed by atoms with Crippen LogP contribution in [0.5, 0.6) is 5.75 Å². The van der Waals surface area contributed by atoms with Gasteiger partial charge in [0.1, 0.15) is 5.75 Å². The van der Waals surface area contributed by atoms with Gasteiger partial charge in [0.05, 0.1) is 5.69 Å². The molecule has 5 nitrogen and oxygen atoms in total. The van der Waals surface area contributed by atoms with Gasteiger partial charge in [-0.05, 0) is 42.3 Å². The Morgan fingerprint density at radius 1 is 1.19 bits per heavy atom. The predicted octanol–water partition coefficient (Wildman–Crippen LogP) is 2.09. The highest BCUT2D eigenvalue weighted by atomic mass is 16.5. The van der Waals surface area contributed by atoms with Gasteiger partial charge < -0.3 is 15.4 Å². The molecule has 1 atom stereocenters. The Kier molecular flexibility index (Phi) is 3.83. The predicted molar refractivity (Wildman–Crippen MR) is 79.9 cm³/mol. The Hall–Kier alpha value is -2.40. The molecule has 1 unspecified atom stereocenters. The first kappa shape index (κ1) is 13.6. The third kappa shape index (κ3) is 3.20. The van der Waals surface area contributed by atoms with Gasteiger partial charge in [-0.3, -0.25) is 9.78 Å². The van der Waals surface area contributed by atoms with Crippen molar-refractivity contribution in [1.29, 1.82) is 0 Å². The average molecular weight is 283 g/mol. The number of amides is 1. The minimum Gasteiger partial charge on any atom is -0.479 e. The summed E-state index contributed by atoms with van der Waals surface area (Å²) in [4.78, 5) is 15.6. The molecule has 21 heavy (non-hydrogen) atoms. The Morgan fingerprint density at radius 3 is 2.76 bits per heavy atom. The van der Waals surface area contributed by atoms with Gasteiger partial charge in [0, 0.05) is 25.5 Å². The van der Waals surface area contributed by atoms with Gasteiger partial charge in [-0.2, -0.15) is 0 Å². The first-order valence-corrected chi connectivity index (χ1v) is 6.92. The van der Waals surface area contributed by atoms with Crippen LogP contribution in [0.4, 0.5) is 5.69 Å². The van der Waals surface area contributed by atoms with Crippen LogP contribution in [0, 0.1) is 0 Å². The van der Waals surface area contributed by atoms with E-state index in [0.717, 1.165) is 30.1 Å². The third-order valence-corrected chi connectivity index (χ3v) is 3.38. The van der Waals surface area contributed by atoms with Crippen LogP contribution in [0.15, 0.2) is 42.7 Å². The molecule has 1 amide bonds.